The van der Waals surface area contributed by atoms with Gasteiger partial charge in [0.2, 0.25) is 11.8 Å². The van der Waals surface area contributed by atoms with Crippen LogP contribution in [-0.2, 0) is 14.4 Å². The van der Waals surface area contributed by atoms with E-state index in [1.54, 1.807) is 11.0 Å². The molecule has 1 aromatic carbocycles. The van der Waals surface area contributed by atoms with Crippen LogP contribution in [0.4, 0.5) is 5.69 Å². The lowest BCUT2D eigenvalue weighted by Crippen LogP contribution is -2.51. The van der Waals surface area contributed by atoms with Crippen LogP contribution in [0.2, 0.25) is 0 Å². The van der Waals surface area contributed by atoms with Crippen molar-refractivity contribution in [3.8, 4) is 5.75 Å². The van der Waals surface area contributed by atoms with Crippen LogP contribution in [-0.4, -0.2) is 56.5 Å². The van der Waals surface area contributed by atoms with Crippen molar-refractivity contribution in [2.45, 2.75) is 26.4 Å². The van der Waals surface area contributed by atoms with Crippen LogP contribution < -0.4 is 25.6 Å². The highest BCUT2D eigenvalue weighted by Gasteiger charge is 2.31. The molecule has 1 aromatic rings. The van der Waals surface area contributed by atoms with Crippen molar-refractivity contribution in [1.29, 1.82) is 0 Å². The summed E-state index contributed by atoms with van der Waals surface area (Å²) in [6.07, 6.45) is 0.147. The lowest BCUT2D eigenvalue weighted by Gasteiger charge is -2.35. The van der Waals surface area contributed by atoms with Crippen molar-refractivity contribution in [3.63, 3.8) is 0 Å². The van der Waals surface area contributed by atoms with Crippen molar-refractivity contribution < 1.29 is 19.1 Å². The van der Waals surface area contributed by atoms with Gasteiger partial charge in [-0.1, -0.05) is 19.1 Å². The number of hydrogen-bond acceptors (Lipinski definition) is 5. The zero-order valence-corrected chi connectivity index (χ0v) is 15.2. The molecule has 142 valence electrons. The lowest BCUT2D eigenvalue weighted by molar-refractivity contribution is -0.128. The summed E-state index contributed by atoms with van der Waals surface area (Å²) in [6.45, 7) is 5.11. The average molecular weight is 362 g/mol. The molecular formula is C18H26N4O4. The van der Waals surface area contributed by atoms with Gasteiger partial charge in [0.25, 0.3) is 5.91 Å². The van der Waals surface area contributed by atoms with Gasteiger partial charge in [0.15, 0.2) is 6.10 Å². The molecule has 0 spiro atoms. The van der Waals surface area contributed by atoms with Crippen molar-refractivity contribution in [1.82, 2.24) is 16.0 Å². The van der Waals surface area contributed by atoms with Crippen molar-refractivity contribution >= 4 is 23.4 Å². The van der Waals surface area contributed by atoms with Crippen molar-refractivity contribution in [3.05, 3.63) is 24.3 Å². The van der Waals surface area contributed by atoms with E-state index in [1.165, 1.54) is 0 Å². The molecule has 1 atom stereocenters. The summed E-state index contributed by atoms with van der Waals surface area (Å²) in [6, 6.07) is 7.28. The second kappa shape index (κ2) is 9.65. The zero-order chi connectivity index (χ0) is 18.9. The number of ether oxygens (including phenoxy) is 1. The SMILES string of the molecule is CCCNC(=O)C1CN(CC(=O)NCC(=O)NCC)c2ccccc2O1. The Morgan fingerprint density at radius 3 is 2.62 bits per heavy atom. The van der Waals surface area contributed by atoms with E-state index in [1.807, 2.05) is 32.0 Å². The highest BCUT2D eigenvalue weighted by Crippen LogP contribution is 2.32. The number of amides is 3. The number of carbonyl (C=O) groups is 3. The summed E-state index contributed by atoms with van der Waals surface area (Å²) >= 11 is 0. The van der Waals surface area contributed by atoms with Crippen LogP contribution in [0.1, 0.15) is 20.3 Å². The Balaban J connectivity index is 2.02. The molecule has 3 amide bonds. The van der Waals surface area contributed by atoms with Gasteiger partial charge >= 0.3 is 0 Å². The molecule has 8 heteroatoms. The van der Waals surface area contributed by atoms with Gasteiger partial charge in [-0.3, -0.25) is 14.4 Å². The van der Waals surface area contributed by atoms with Gasteiger partial charge in [-0.25, -0.2) is 0 Å². The van der Waals surface area contributed by atoms with E-state index in [0.29, 0.717) is 18.8 Å². The fraction of sp³-hybridized carbons (Fsp3) is 0.500. The molecule has 0 aliphatic carbocycles. The fourth-order valence-corrected chi connectivity index (χ4v) is 2.62. The number of benzene rings is 1. The Morgan fingerprint density at radius 2 is 1.88 bits per heavy atom. The quantitative estimate of drug-likeness (QED) is 0.606. The summed E-state index contributed by atoms with van der Waals surface area (Å²) in [5.74, 6) is -0.165. The van der Waals surface area contributed by atoms with Gasteiger partial charge in [-0.15, -0.1) is 0 Å². The normalized spacial score (nSPS) is 15.5. The van der Waals surface area contributed by atoms with Gasteiger partial charge in [0, 0.05) is 13.1 Å². The van der Waals surface area contributed by atoms with E-state index in [9.17, 15) is 14.4 Å². The standard InChI is InChI=1S/C18H26N4O4/c1-3-9-20-18(25)15-11-22(13-7-5-6-8-14(13)26-15)12-17(24)21-10-16(23)19-4-2/h5-8,15H,3-4,9-12H2,1-2H3,(H,19,23)(H,20,25)(H,21,24). The van der Waals surface area contributed by atoms with E-state index >= 15 is 0 Å². The van der Waals surface area contributed by atoms with Gasteiger partial charge in [-0.2, -0.15) is 0 Å². The maximum Gasteiger partial charge on any atom is 0.262 e. The third kappa shape index (κ3) is 5.37. The molecule has 0 radical (unpaired) electrons. The largest absolute Gasteiger partial charge is 0.477 e. The highest BCUT2D eigenvalue weighted by atomic mass is 16.5. The maximum absolute atomic E-state index is 12.3. The first-order valence-electron chi connectivity index (χ1n) is 8.86. The first-order valence-corrected chi connectivity index (χ1v) is 8.86. The van der Waals surface area contributed by atoms with Crippen LogP contribution in [0.25, 0.3) is 0 Å². The van der Waals surface area contributed by atoms with Crippen LogP contribution in [0, 0.1) is 0 Å². The minimum absolute atomic E-state index is 0.0390. The van der Waals surface area contributed by atoms with E-state index in [2.05, 4.69) is 16.0 Å². The molecule has 0 saturated carbocycles. The molecule has 8 nitrogen and oxygen atoms in total. The number of nitrogens with one attached hydrogen (secondary N) is 3. The monoisotopic (exact) mass is 362 g/mol. The second-order valence-electron chi connectivity index (χ2n) is 5.98. The predicted octanol–water partition coefficient (Wildman–Crippen LogP) is 0.0325. The number of nitrogens with zero attached hydrogens (tertiary/aromatic N) is 1. The molecule has 26 heavy (non-hydrogen) atoms. The molecule has 0 fully saturated rings. The summed E-state index contributed by atoms with van der Waals surface area (Å²) in [7, 11) is 0. The Morgan fingerprint density at radius 1 is 1.12 bits per heavy atom. The Kier molecular flexibility index (Phi) is 7.25. The third-order valence-electron chi connectivity index (χ3n) is 3.86. The number of para-hydroxylation sites is 2. The number of fused-ring (bicyclic) bond motifs is 1. The molecule has 1 unspecified atom stereocenters. The summed E-state index contributed by atoms with van der Waals surface area (Å²) in [5, 5.41) is 8.03. The second-order valence-corrected chi connectivity index (χ2v) is 5.98. The number of likely N-dealkylation sites (N-methyl/N-ethyl adjacent to an activating group) is 1. The maximum atomic E-state index is 12.3. The van der Waals surface area contributed by atoms with Crippen LogP contribution in [0.15, 0.2) is 24.3 Å². The number of carbonyl (C=O) groups excluding carboxylic acids is 3. The molecule has 3 N–H and O–H groups in total. The van der Waals surface area contributed by atoms with Crippen LogP contribution in [0.5, 0.6) is 5.75 Å². The topological polar surface area (TPSA) is 99.8 Å². The first-order chi connectivity index (χ1) is 12.5. The van der Waals surface area contributed by atoms with Crippen LogP contribution in [0.3, 0.4) is 0 Å². The third-order valence-corrected chi connectivity index (χ3v) is 3.86. The molecule has 0 saturated heterocycles. The lowest BCUT2D eigenvalue weighted by atomic mass is 10.1. The highest BCUT2D eigenvalue weighted by molar-refractivity contribution is 5.88. The first kappa shape index (κ1) is 19.6. The Bertz CT molecular complexity index is 650. The molecule has 0 aromatic heterocycles. The van der Waals surface area contributed by atoms with Gasteiger partial charge in [0.1, 0.15) is 5.75 Å². The average Bonchev–Trinajstić information content (AvgIpc) is 2.64. The molecule has 1 aliphatic heterocycles. The summed E-state index contributed by atoms with van der Waals surface area (Å²) < 4.78 is 5.78. The number of anilines is 1. The summed E-state index contributed by atoms with van der Waals surface area (Å²) in [4.78, 5) is 37.7. The van der Waals surface area contributed by atoms with Gasteiger partial charge in [0.05, 0.1) is 25.3 Å². The minimum atomic E-state index is -0.687. The molecular weight excluding hydrogens is 336 g/mol. The van der Waals surface area contributed by atoms with E-state index in [4.69, 9.17) is 4.74 Å². The summed E-state index contributed by atoms with van der Waals surface area (Å²) in [5.41, 5.74) is 0.750. The predicted molar refractivity (Wildman–Crippen MR) is 98.1 cm³/mol. The van der Waals surface area contributed by atoms with Crippen LogP contribution >= 0.6 is 0 Å². The van der Waals surface area contributed by atoms with Crippen molar-refractivity contribution in [2.75, 3.05) is 37.6 Å². The minimum Gasteiger partial charge on any atom is -0.477 e. The number of rotatable bonds is 8. The molecule has 2 rings (SSSR count). The fourth-order valence-electron chi connectivity index (χ4n) is 2.62. The Labute approximate surface area is 153 Å². The van der Waals surface area contributed by atoms with Crippen molar-refractivity contribution in [2.24, 2.45) is 0 Å². The van der Waals surface area contributed by atoms with E-state index < -0.39 is 6.10 Å². The van der Waals surface area contributed by atoms with Gasteiger partial charge < -0.3 is 25.6 Å². The van der Waals surface area contributed by atoms with E-state index in [-0.39, 0.29) is 37.4 Å². The van der Waals surface area contributed by atoms with Gasteiger partial charge in [-0.05, 0) is 25.5 Å². The smallest absolute Gasteiger partial charge is 0.262 e. The molecule has 0 bridgehead atoms. The molecule has 1 heterocycles. The number of hydrogen-bond donors (Lipinski definition) is 3. The zero-order valence-electron chi connectivity index (χ0n) is 15.2. The Hall–Kier alpha value is -2.77. The van der Waals surface area contributed by atoms with E-state index in [0.717, 1.165) is 12.1 Å². The molecule has 1 aliphatic rings.